The minimum Gasteiger partial charge on any atom is -0.353 e. The molecule has 6 heteroatoms. The fraction of sp³-hybridized carbons (Fsp3) is 0.200. The summed E-state index contributed by atoms with van der Waals surface area (Å²) in [6, 6.07) is 9.47. The molecule has 0 bridgehead atoms. The quantitative estimate of drug-likeness (QED) is 0.672. The minimum atomic E-state index is -0.629. The molecule has 5 nitrogen and oxygen atoms in total. The lowest BCUT2D eigenvalue weighted by atomic mass is 9.99. The summed E-state index contributed by atoms with van der Waals surface area (Å²) >= 11 is 0. The third-order valence-corrected chi connectivity index (χ3v) is 3.57. The lowest BCUT2D eigenvalue weighted by Gasteiger charge is -2.21. The number of nitro groups is 1. The van der Waals surface area contributed by atoms with Crippen LogP contribution >= 0.6 is 0 Å². The molecule has 0 radical (unpaired) electrons. The molecule has 2 aromatic rings. The maximum absolute atomic E-state index is 13.9. The summed E-state index contributed by atoms with van der Waals surface area (Å²) in [7, 11) is 0. The van der Waals surface area contributed by atoms with Gasteiger partial charge < -0.3 is 10.6 Å². The molecule has 0 amide bonds. The lowest BCUT2D eigenvalue weighted by molar-refractivity contribution is -0.385. The van der Waals surface area contributed by atoms with E-state index in [4.69, 9.17) is 0 Å². The Balaban J connectivity index is 1.92. The standard InChI is InChI=1S/C15H14FN3O2/c16-13-8-11(19(20)21)4-5-15(13)18-14-3-1-2-10-9-17-7-6-12(10)14/h1-5,8,17-18H,6-7,9H2. The Labute approximate surface area is 120 Å². The van der Waals surface area contributed by atoms with Crippen LogP contribution < -0.4 is 10.6 Å². The number of anilines is 2. The van der Waals surface area contributed by atoms with Crippen LogP contribution in [-0.4, -0.2) is 11.5 Å². The number of nitrogens with one attached hydrogen (secondary N) is 2. The molecule has 1 aliphatic heterocycles. The van der Waals surface area contributed by atoms with Gasteiger partial charge in [0.2, 0.25) is 0 Å². The van der Waals surface area contributed by atoms with Crippen LogP contribution in [0.25, 0.3) is 0 Å². The molecule has 2 N–H and O–H groups in total. The van der Waals surface area contributed by atoms with E-state index in [0.29, 0.717) is 0 Å². The number of hydrogen-bond acceptors (Lipinski definition) is 4. The summed E-state index contributed by atoms with van der Waals surface area (Å²) in [6.07, 6.45) is 0.868. The molecule has 0 fully saturated rings. The monoisotopic (exact) mass is 287 g/mol. The van der Waals surface area contributed by atoms with Crippen LogP contribution in [0.4, 0.5) is 21.5 Å². The average Bonchev–Trinajstić information content (AvgIpc) is 2.49. The van der Waals surface area contributed by atoms with Crippen molar-refractivity contribution in [1.82, 2.24) is 5.32 Å². The van der Waals surface area contributed by atoms with E-state index in [1.54, 1.807) is 0 Å². The molecule has 3 rings (SSSR count). The van der Waals surface area contributed by atoms with Crippen LogP contribution in [0.1, 0.15) is 11.1 Å². The van der Waals surface area contributed by atoms with Crippen LogP contribution in [0.2, 0.25) is 0 Å². The molecule has 2 aromatic carbocycles. The molecule has 0 spiro atoms. The van der Waals surface area contributed by atoms with Crippen molar-refractivity contribution < 1.29 is 9.31 Å². The summed E-state index contributed by atoms with van der Waals surface area (Å²) in [5.41, 5.74) is 3.19. The van der Waals surface area contributed by atoms with Gasteiger partial charge in [0.05, 0.1) is 16.7 Å². The maximum Gasteiger partial charge on any atom is 0.272 e. The van der Waals surface area contributed by atoms with Crippen molar-refractivity contribution in [3.63, 3.8) is 0 Å². The topological polar surface area (TPSA) is 67.2 Å². The van der Waals surface area contributed by atoms with Gasteiger partial charge in [0.25, 0.3) is 5.69 Å². The Morgan fingerprint density at radius 2 is 2.10 bits per heavy atom. The third-order valence-electron chi connectivity index (χ3n) is 3.57. The van der Waals surface area contributed by atoms with Gasteiger partial charge in [-0.3, -0.25) is 10.1 Å². The van der Waals surface area contributed by atoms with E-state index in [0.717, 1.165) is 36.8 Å². The first-order valence-electron chi connectivity index (χ1n) is 6.67. The van der Waals surface area contributed by atoms with Gasteiger partial charge in [-0.25, -0.2) is 4.39 Å². The second-order valence-corrected chi connectivity index (χ2v) is 4.92. The number of non-ortho nitro benzene ring substituents is 1. The van der Waals surface area contributed by atoms with Crippen molar-refractivity contribution in [2.75, 3.05) is 11.9 Å². The van der Waals surface area contributed by atoms with Gasteiger partial charge in [0.1, 0.15) is 0 Å². The van der Waals surface area contributed by atoms with Gasteiger partial charge in [0, 0.05) is 18.3 Å². The Bertz CT molecular complexity index is 703. The number of benzene rings is 2. The van der Waals surface area contributed by atoms with Gasteiger partial charge in [-0.15, -0.1) is 0 Å². The summed E-state index contributed by atoms with van der Waals surface area (Å²) in [5, 5.41) is 17.0. The molecule has 1 heterocycles. The molecular formula is C15H14FN3O2. The fourth-order valence-corrected chi connectivity index (χ4v) is 2.51. The summed E-state index contributed by atoms with van der Waals surface area (Å²) in [6.45, 7) is 1.68. The van der Waals surface area contributed by atoms with E-state index in [1.165, 1.54) is 17.7 Å². The zero-order valence-corrected chi connectivity index (χ0v) is 11.2. The predicted octanol–water partition coefficient (Wildman–Crippen LogP) is 3.12. The summed E-state index contributed by atoms with van der Waals surface area (Å²) < 4.78 is 13.9. The van der Waals surface area contributed by atoms with Crippen molar-refractivity contribution in [3.05, 3.63) is 63.5 Å². The van der Waals surface area contributed by atoms with E-state index in [2.05, 4.69) is 10.6 Å². The van der Waals surface area contributed by atoms with Gasteiger partial charge in [-0.2, -0.15) is 0 Å². The second kappa shape index (κ2) is 5.49. The van der Waals surface area contributed by atoms with E-state index in [1.807, 2.05) is 18.2 Å². The number of nitro benzene ring substituents is 1. The van der Waals surface area contributed by atoms with Gasteiger partial charge in [-0.05, 0) is 36.2 Å². The Morgan fingerprint density at radius 3 is 2.86 bits per heavy atom. The van der Waals surface area contributed by atoms with E-state index in [-0.39, 0.29) is 11.4 Å². The molecule has 0 aromatic heterocycles. The molecule has 0 saturated carbocycles. The molecule has 108 valence electrons. The van der Waals surface area contributed by atoms with Gasteiger partial charge in [0.15, 0.2) is 5.82 Å². The molecule has 0 aliphatic carbocycles. The van der Waals surface area contributed by atoms with Crippen LogP contribution in [0.3, 0.4) is 0 Å². The largest absolute Gasteiger partial charge is 0.353 e. The number of hydrogen-bond donors (Lipinski definition) is 2. The Hall–Kier alpha value is -2.47. The highest BCUT2D eigenvalue weighted by molar-refractivity contribution is 5.66. The second-order valence-electron chi connectivity index (χ2n) is 4.92. The maximum atomic E-state index is 13.9. The summed E-state index contributed by atoms with van der Waals surface area (Å²) in [4.78, 5) is 10.0. The summed E-state index contributed by atoms with van der Waals surface area (Å²) in [5.74, 6) is -0.629. The Morgan fingerprint density at radius 1 is 1.24 bits per heavy atom. The Kier molecular flexibility index (Phi) is 3.53. The average molecular weight is 287 g/mol. The number of nitrogens with zero attached hydrogens (tertiary/aromatic N) is 1. The molecule has 0 atom stereocenters. The van der Waals surface area contributed by atoms with Gasteiger partial charge in [-0.1, -0.05) is 12.1 Å². The van der Waals surface area contributed by atoms with E-state index >= 15 is 0 Å². The van der Waals surface area contributed by atoms with Crippen molar-refractivity contribution in [2.45, 2.75) is 13.0 Å². The van der Waals surface area contributed by atoms with Crippen molar-refractivity contribution >= 4 is 17.1 Å². The van der Waals surface area contributed by atoms with E-state index < -0.39 is 10.7 Å². The van der Waals surface area contributed by atoms with Crippen LogP contribution in [0.5, 0.6) is 0 Å². The first-order valence-corrected chi connectivity index (χ1v) is 6.67. The van der Waals surface area contributed by atoms with Crippen molar-refractivity contribution in [1.29, 1.82) is 0 Å². The highest BCUT2D eigenvalue weighted by Crippen LogP contribution is 2.28. The van der Waals surface area contributed by atoms with E-state index in [9.17, 15) is 14.5 Å². The molecule has 0 saturated heterocycles. The number of halogens is 1. The normalized spacial score (nSPS) is 13.6. The lowest BCUT2D eigenvalue weighted by Crippen LogP contribution is -2.24. The number of rotatable bonds is 3. The first kappa shape index (κ1) is 13.5. The third kappa shape index (κ3) is 2.71. The van der Waals surface area contributed by atoms with Crippen LogP contribution in [-0.2, 0) is 13.0 Å². The zero-order chi connectivity index (χ0) is 14.8. The van der Waals surface area contributed by atoms with Crippen molar-refractivity contribution in [2.24, 2.45) is 0 Å². The van der Waals surface area contributed by atoms with Crippen LogP contribution in [0, 0.1) is 15.9 Å². The molecule has 1 aliphatic rings. The smallest absolute Gasteiger partial charge is 0.272 e. The minimum absolute atomic E-state index is 0.243. The predicted molar refractivity (Wildman–Crippen MR) is 78.2 cm³/mol. The molecule has 0 unspecified atom stereocenters. The zero-order valence-electron chi connectivity index (χ0n) is 11.2. The molecular weight excluding hydrogens is 273 g/mol. The highest BCUT2D eigenvalue weighted by Gasteiger charge is 2.15. The molecule has 21 heavy (non-hydrogen) atoms. The highest BCUT2D eigenvalue weighted by atomic mass is 19.1. The number of fused-ring (bicyclic) bond motifs is 1. The SMILES string of the molecule is O=[N+]([O-])c1ccc(Nc2cccc3c2CCNC3)c(F)c1. The first-order chi connectivity index (χ1) is 10.1. The fourth-order valence-electron chi connectivity index (χ4n) is 2.51. The van der Waals surface area contributed by atoms with Gasteiger partial charge >= 0.3 is 0 Å². The van der Waals surface area contributed by atoms with Crippen LogP contribution in [0.15, 0.2) is 36.4 Å². The van der Waals surface area contributed by atoms with Crippen molar-refractivity contribution in [3.8, 4) is 0 Å².